The highest BCUT2D eigenvalue weighted by Crippen LogP contribution is 2.19. The number of hydrogen-bond acceptors (Lipinski definition) is 3. The number of methoxy groups -OCH3 is 1. The van der Waals surface area contributed by atoms with Gasteiger partial charge in [-0.15, -0.1) is 0 Å². The second-order valence-corrected chi connectivity index (χ2v) is 4.34. The van der Waals surface area contributed by atoms with Crippen molar-refractivity contribution in [2.24, 2.45) is 0 Å². The van der Waals surface area contributed by atoms with Crippen LogP contribution in [0.25, 0.3) is 0 Å². The van der Waals surface area contributed by atoms with E-state index in [4.69, 9.17) is 9.84 Å². The maximum absolute atomic E-state index is 11.8. The molecule has 0 spiro atoms. The van der Waals surface area contributed by atoms with E-state index >= 15 is 0 Å². The molecule has 0 aliphatic rings. The van der Waals surface area contributed by atoms with Gasteiger partial charge in [-0.25, -0.2) is 0 Å². The number of rotatable bonds is 6. The molecular weight excluding hydrogens is 230 g/mol. The molecule has 0 aliphatic heterocycles. The molecule has 0 aliphatic carbocycles. The fraction of sp³-hybridized carbons (Fsp3) is 0.500. The molecular formula is C14H21NO3. The standard InChI is InChI=1S/C14H21NO3/c1-4-12(9-16)15-14(17)8-11-6-5-10(2)13(7-11)18-3/h5-7,12,16H,4,8-9H2,1-3H3,(H,15,17). The molecule has 0 radical (unpaired) electrons. The summed E-state index contributed by atoms with van der Waals surface area (Å²) >= 11 is 0. The zero-order valence-corrected chi connectivity index (χ0v) is 11.2. The third-order valence-corrected chi connectivity index (χ3v) is 2.92. The van der Waals surface area contributed by atoms with E-state index in [2.05, 4.69) is 5.32 Å². The number of aliphatic hydroxyl groups excluding tert-OH is 1. The van der Waals surface area contributed by atoms with Crippen molar-refractivity contribution in [1.82, 2.24) is 5.32 Å². The van der Waals surface area contributed by atoms with Crippen LogP contribution in [-0.2, 0) is 11.2 Å². The molecule has 2 N–H and O–H groups in total. The first-order chi connectivity index (χ1) is 8.60. The van der Waals surface area contributed by atoms with Crippen LogP contribution in [0.2, 0.25) is 0 Å². The fourth-order valence-corrected chi connectivity index (χ4v) is 1.72. The summed E-state index contributed by atoms with van der Waals surface area (Å²) in [6.45, 7) is 3.86. The summed E-state index contributed by atoms with van der Waals surface area (Å²) in [5.41, 5.74) is 1.95. The van der Waals surface area contributed by atoms with E-state index in [-0.39, 0.29) is 18.6 Å². The third kappa shape index (κ3) is 4.04. The summed E-state index contributed by atoms with van der Waals surface area (Å²) in [6.07, 6.45) is 1.02. The number of aliphatic hydroxyl groups is 1. The van der Waals surface area contributed by atoms with Crippen LogP contribution in [0.1, 0.15) is 24.5 Å². The maximum Gasteiger partial charge on any atom is 0.224 e. The Balaban J connectivity index is 2.64. The molecule has 0 fully saturated rings. The summed E-state index contributed by atoms with van der Waals surface area (Å²) in [7, 11) is 1.62. The van der Waals surface area contributed by atoms with Crippen molar-refractivity contribution in [3.8, 4) is 5.75 Å². The highest BCUT2D eigenvalue weighted by Gasteiger charge is 2.10. The average molecular weight is 251 g/mol. The van der Waals surface area contributed by atoms with Gasteiger partial charge in [0.2, 0.25) is 5.91 Å². The summed E-state index contributed by atoms with van der Waals surface area (Å²) < 4.78 is 5.22. The Labute approximate surface area is 108 Å². The number of benzene rings is 1. The highest BCUT2D eigenvalue weighted by atomic mass is 16.5. The molecule has 0 saturated heterocycles. The van der Waals surface area contributed by atoms with Crippen molar-refractivity contribution in [2.75, 3.05) is 13.7 Å². The van der Waals surface area contributed by atoms with E-state index in [1.807, 2.05) is 32.0 Å². The van der Waals surface area contributed by atoms with Crippen LogP contribution in [0, 0.1) is 6.92 Å². The SMILES string of the molecule is CCC(CO)NC(=O)Cc1ccc(C)c(OC)c1. The van der Waals surface area contributed by atoms with Crippen molar-refractivity contribution < 1.29 is 14.6 Å². The molecule has 1 aromatic rings. The van der Waals surface area contributed by atoms with Gasteiger partial charge in [-0.05, 0) is 30.5 Å². The van der Waals surface area contributed by atoms with Crippen LogP contribution in [0.15, 0.2) is 18.2 Å². The Morgan fingerprint density at radius 3 is 2.78 bits per heavy atom. The van der Waals surface area contributed by atoms with Crippen molar-refractivity contribution in [1.29, 1.82) is 0 Å². The number of hydrogen-bond donors (Lipinski definition) is 2. The van der Waals surface area contributed by atoms with Crippen LogP contribution in [-0.4, -0.2) is 30.8 Å². The van der Waals surface area contributed by atoms with Crippen molar-refractivity contribution >= 4 is 5.91 Å². The predicted molar refractivity (Wildman–Crippen MR) is 70.7 cm³/mol. The largest absolute Gasteiger partial charge is 0.496 e. The number of ether oxygens (including phenoxy) is 1. The van der Waals surface area contributed by atoms with Gasteiger partial charge in [0, 0.05) is 0 Å². The van der Waals surface area contributed by atoms with Gasteiger partial charge in [0.05, 0.1) is 26.2 Å². The van der Waals surface area contributed by atoms with E-state index in [9.17, 15) is 4.79 Å². The van der Waals surface area contributed by atoms with Crippen molar-refractivity contribution in [3.63, 3.8) is 0 Å². The maximum atomic E-state index is 11.8. The van der Waals surface area contributed by atoms with Gasteiger partial charge in [-0.1, -0.05) is 19.1 Å². The van der Waals surface area contributed by atoms with Crippen molar-refractivity contribution in [2.45, 2.75) is 32.7 Å². The van der Waals surface area contributed by atoms with E-state index in [0.717, 1.165) is 23.3 Å². The second kappa shape index (κ2) is 7.01. The summed E-state index contributed by atoms with van der Waals surface area (Å²) in [6, 6.07) is 5.56. The number of carbonyl (C=O) groups excluding carboxylic acids is 1. The van der Waals surface area contributed by atoms with Crippen LogP contribution in [0.4, 0.5) is 0 Å². The third-order valence-electron chi connectivity index (χ3n) is 2.92. The molecule has 18 heavy (non-hydrogen) atoms. The lowest BCUT2D eigenvalue weighted by molar-refractivity contribution is -0.121. The Bertz CT molecular complexity index is 400. The summed E-state index contributed by atoms with van der Waals surface area (Å²) in [5.74, 6) is 0.705. The molecule has 1 unspecified atom stereocenters. The van der Waals surface area contributed by atoms with Crippen molar-refractivity contribution in [3.05, 3.63) is 29.3 Å². The van der Waals surface area contributed by atoms with Gasteiger partial charge in [0.1, 0.15) is 5.75 Å². The van der Waals surface area contributed by atoms with Gasteiger partial charge < -0.3 is 15.2 Å². The minimum atomic E-state index is -0.162. The van der Waals surface area contributed by atoms with E-state index < -0.39 is 0 Å². The smallest absolute Gasteiger partial charge is 0.224 e. The molecule has 0 aromatic heterocycles. The molecule has 1 aromatic carbocycles. The normalized spacial score (nSPS) is 12.0. The van der Waals surface area contributed by atoms with Gasteiger partial charge >= 0.3 is 0 Å². The van der Waals surface area contributed by atoms with E-state index in [0.29, 0.717) is 6.42 Å². The van der Waals surface area contributed by atoms with Crippen LogP contribution in [0.3, 0.4) is 0 Å². The molecule has 4 nitrogen and oxygen atoms in total. The molecule has 1 amide bonds. The lowest BCUT2D eigenvalue weighted by Crippen LogP contribution is -2.37. The topological polar surface area (TPSA) is 58.6 Å². The molecule has 1 atom stereocenters. The monoisotopic (exact) mass is 251 g/mol. The summed E-state index contributed by atoms with van der Waals surface area (Å²) in [4.78, 5) is 11.8. The first kappa shape index (κ1) is 14.5. The minimum absolute atomic E-state index is 0.0283. The minimum Gasteiger partial charge on any atom is -0.496 e. The first-order valence-electron chi connectivity index (χ1n) is 6.14. The van der Waals surface area contributed by atoms with Crippen LogP contribution < -0.4 is 10.1 Å². The van der Waals surface area contributed by atoms with Gasteiger partial charge in [-0.3, -0.25) is 4.79 Å². The quantitative estimate of drug-likeness (QED) is 0.804. The fourth-order valence-electron chi connectivity index (χ4n) is 1.72. The molecule has 1 rings (SSSR count). The molecule has 100 valence electrons. The predicted octanol–water partition coefficient (Wildman–Crippen LogP) is 1.43. The zero-order valence-electron chi connectivity index (χ0n) is 11.2. The molecule has 0 heterocycles. The number of aryl methyl sites for hydroxylation is 1. The molecule has 0 bridgehead atoms. The average Bonchev–Trinajstić information content (AvgIpc) is 2.38. The Morgan fingerprint density at radius 1 is 1.50 bits per heavy atom. The highest BCUT2D eigenvalue weighted by molar-refractivity contribution is 5.79. The molecule has 0 saturated carbocycles. The number of amides is 1. The lowest BCUT2D eigenvalue weighted by atomic mass is 10.1. The van der Waals surface area contributed by atoms with Crippen LogP contribution >= 0.6 is 0 Å². The Kier molecular flexibility index (Phi) is 5.65. The van der Waals surface area contributed by atoms with E-state index in [1.54, 1.807) is 7.11 Å². The second-order valence-electron chi connectivity index (χ2n) is 4.34. The van der Waals surface area contributed by atoms with Gasteiger partial charge in [-0.2, -0.15) is 0 Å². The van der Waals surface area contributed by atoms with E-state index in [1.165, 1.54) is 0 Å². The van der Waals surface area contributed by atoms with Gasteiger partial charge in [0.15, 0.2) is 0 Å². The zero-order chi connectivity index (χ0) is 13.5. The number of nitrogens with one attached hydrogen (secondary N) is 1. The Morgan fingerprint density at radius 2 is 2.22 bits per heavy atom. The summed E-state index contributed by atoms with van der Waals surface area (Å²) in [5, 5.41) is 11.8. The van der Waals surface area contributed by atoms with Crippen LogP contribution in [0.5, 0.6) is 5.75 Å². The lowest BCUT2D eigenvalue weighted by Gasteiger charge is -2.14. The van der Waals surface area contributed by atoms with Gasteiger partial charge in [0.25, 0.3) is 0 Å². The molecule has 4 heteroatoms. The number of carbonyl (C=O) groups is 1. The Hall–Kier alpha value is -1.55. The first-order valence-corrected chi connectivity index (χ1v) is 6.14.